The maximum atomic E-state index is 13.0. The first-order valence-electron chi connectivity index (χ1n) is 9.50. The van der Waals surface area contributed by atoms with Crippen molar-refractivity contribution >= 4 is 28.4 Å². The molecule has 6 nitrogen and oxygen atoms in total. The summed E-state index contributed by atoms with van der Waals surface area (Å²) in [6.45, 7) is 1.84. The number of halogens is 1. The van der Waals surface area contributed by atoms with Gasteiger partial charge in [-0.25, -0.2) is 9.18 Å². The third kappa shape index (κ3) is 4.24. The lowest BCUT2D eigenvalue weighted by molar-refractivity contribution is -0.116. The largest absolute Gasteiger partial charge is 0.417 e. The van der Waals surface area contributed by atoms with Gasteiger partial charge in [-0.15, -0.1) is 0 Å². The lowest BCUT2D eigenvalue weighted by Crippen LogP contribution is -2.33. The van der Waals surface area contributed by atoms with E-state index < -0.39 is 5.76 Å². The molecule has 3 aromatic rings. The van der Waals surface area contributed by atoms with Gasteiger partial charge in [0.15, 0.2) is 5.58 Å². The van der Waals surface area contributed by atoms with Gasteiger partial charge in [0.1, 0.15) is 5.82 Å². The maximum absolute atomic E-state index is 13.0. The van der Waals surface area contributed by atoms with Gasteiger partial charge >= 0.3 is 5.76 Å². The van der Waals surface area contributed by atoms with Crippen molar-refractivity contribution < 1.29 is 13.6 Å². The van der Waals surface area contributed by atoms with Crippen molar-refractivity contribution in [2.24, 2.45) is 5.92 Å². The Hall–Kier alpha value is -3.09. The Labute approximate surface area is 161 Å². The van der Waals surface area contributed by atoms with Gasteiger partial charge in [0.05, 0.1) is 5.52 Å². The molecule has 28 heavy (non-hydrogen) atoms. The molecule has 146 valence electrons. The number of anilines is 2. The van der Waals surface area contributed by atoms with Crippen LogP contribution in [0, 0.1) is 11.7 Å². The van der Waals surface area contributed by atoms with Crippen LogP contribution < -0.4 is 16.0 Å². The monoisotopic (exact) mass is 383 g/mol. The predicted molar refractivity (Wildman–Crippen MR) is 106 cm³/mol. The quantitative estimate of drug-likeness (QED) is 0.701. The number of carbonyl (C=O) groups is 1. The Bertz CT molecular complexity index is 1020. The van der Waals surface area contributed by atoms with Crippen molar-refractivity contribution in [2.45, 2.75) is 25.7 Å². The molecule has 1 aliphatic heterocycles. The van der Waals surface area contributed by atoms with Crippen molar-refractivity contribution in [1.29, 1.82) is 0 Å². The Balaban J connectivity index is 1.24. The van der Waals surface area contributed by atoms with E-state index in [1.165, 1.54) is 12.1 Å². The first-order valence-corrected chi connectivity index (χ1v) is 9.50. The highest BCUT2D eigenvalue weighted by Crippen LogP contribution is 2.26. The van der Waals surface area contributed by atoms with Crippen LogP contribution in [0.15, 0.2) is 51.7 Å². The van der Waals surface area contributed by atoms with Gasteiger partial charge in [-0.1, -0.05) is 0 Å². The highest BCUT2D eigenvalue weighted by atomic mass is 19.1. The number of nitrogens with zero attached hydrogens (tertiary/aromatic N) is 1. The van der Waals surface area contributed by atoms with E-state index in [1.807, 2.05) is 12.1 Å². The SMILES string of the molecule is O=C(CCC1CCN(c2ccc(F)cc2)CC1)Nc1ccc2oc(=O)[nH]c2c1. The lowest BCUT2D eigenvalue weighted by atomic mass is 9.91. The molecule has 0 atom stereocenters. The highest BCUT2D eigenvalue weighted by molar-refractivity contribution is 5.92. The molecule has 1 saturated heterocycles. The van der Waals surface area contributed by atoms with E-state index in [1.54, 1.807) is 18.2 Å². The molecule has 0 spiro atoms. The van der Waals surface area contributed by atoms with Crippen LogP contribution in [0.1, 0.15) is 25.7 Å². The van der Waals surface area contributed by atoms with E-state index in [0.717, 1.165) is 38.0 Å². The summed E-state index contributed by atoms with van der Waals surface area (Å²) in [5.74, 6) is -0.255. The molecule has 0 bridgehead atoms. The third-order valence-corrected chi connectivity index (χ3v) is 5.29. The number of hydrogen-bond donors (Lipinski definition) is 2. The predicted octanol–water partition coefficient (Wildman–Crippen LogP) is 3.90. The van der Waals surface area contributed by atoms with E-state index in [4.69, 9.17) is 4.42 Å². The van der Waals surface area contributed by atoms with Crippen LogP contribution in [0.5, 0.6) is 0 Å². The summed E-state index contributed by atoms with van der Waals surface area (Å²) in [5.41, 5.74) is 2.72. The fourth-order valence-electron chi connectivity index (χ4n) is 3.72. The van der Waals surface area contributed by atoms with Gasteiger partial charge in [0.25, 0.3) is 0 Å². The molecule has 0 radical (unpaired) electrons. The van der Waals surface area contributed by atoms with Gasteiger partial charge < -0.3 is 14.6 Å². The number of H-pyrrole nitrogens is 1. The molecule has 2 aromatic carbocycles. The first-order chi connectivity index (χ1) is 13.6. The Morgan fingerprint density at radius 3 is 2.68 bits per heavy atom. The fourth-order valence-corrected chi connectivity index (χ4v) is 3.72. The van der Waals surface area contributed by atoms with Crippen molar-refractivity contribution in [3.8, 4) is 0 Å². The van der Waals surface area contributed by atoms with Crippen LogP contribution in [0.25, 0.3) is 11.1 Å². The number of benzene rings is 2. The van der Waals surface area contributed by atoms with Gasteiger partial charge in [0.2, 0.25) is 5.91 Å². The summed E-state index contributed by atoms with van der Waals surface area (Å²) < 4.78 is 18.0. The van der Waals surface area contributed by atoms with Gasteiger partial charge in [-0.3, -0.25) is 9.78 Å². The molecule has 1 fully saturated rings. The zero-order valence-electron chi connectivity index (χ0n) is 15.4. The number of carbonyl (C=O) groups excluding carboxylic acids is 1. The number of rotatable bonds is 5. The maximum Gasteiger partial charge on any atom is 0.417 e. The topological polar surface area (TPSA) is 78.3 Å². The second-order valence-electron chi connectivity index (χ2n) is 7.22. The van der Waals surface area contributed by atoms with Crippen molar-refractivity contribution in [1.82, 2.24) is 4.98 Å². The van der Waals surface area contributed by atoms with E-state index in [-0.39, 0.29) is 11.7 Å². The van der Waals surface area contributed by atoms with Gasteiger partial charge in [0, 0.05) is 30.9 Å². The molecule has 2 heterocycles. The van der Waals surface area contributed by atoms with E-state index >= 15 is 0 Å². The smallest absolute Gasteiger partial charge is 0.408 e. The van der Waals surface area contributed by atoms with Crippen molar-refractivity contribution in [3.63, 3.8) is 0 Å². The molecular formula is C21H22FN3O3. The molecule has 1 aliphatic rings. The van der Waals surface area contributed by atoms with E-state index in [9.17, 15) is 14.0 Å². The average Bonchev–Trinajstić information content (AvgIpc) is 3.07. The lowest BCUT2D eigenvalue weighted by Gasteiger charge is -2.33. The van der Waals surface area contributed by atoms with Crippen LogP contribution in [0.4, 0.5) is 15.8 Å². The number of piperidine rings is 1. The molecule has 7 heteroatoms. The summed E-state index contributed by atoms with van der Waals surface area (Å²) in [6, 6.07) is 11.7. The number of aromatic nitrogens is 1. The van der Waals surface area contributed by atoms with Gasteiger partial charge in [-0.2, -0.15) is 0 Å². The zero-order valence-corrected chi connectivity index (χ0v) is 15.4. The van der Waals surface area contributed by atoms with E-state index in [0.29, 0.717) is 29.1 Å². The normalized spacial score (nSPS) is 15.1. The summed E-state index contributed by atoms with van der Waals surface area (Å²) in [5, 5.41) is 2.87. The minimum atomic E-state index is -0.509. The fraction of sp³-hybridized carbons (Fsp3) is 0.333. The number of oxazole rings is 1. The Morgan fingerprint density at radius 1 is 1.18 bits per heavy atom. The van der Waals surface area contributed by atoms with Crippen LogP contribution in [-0.2, 0) is 4.79 Å². The standard InChI is InChI=1S/C21H22FN3O3/c22-15-2-5-17(6-3-15)25-11-9-14(10-12-25)1-8-20(26)23-16-4-7-19-18(13-16)24-21(27)28-19/h2-7,13-14H,1,8-12H2,(H,23,26)(H,24,27). The zero-order chi connectivity index (χ0) is 19.5. The van der Waals surface area contributed by atoms with Crippen LogP contribution in [0.3, 0.4) is 0 Å². The molecule has 1 aromatic heterocycles. The molecule has 0 saturated carbocycles. The molecule has 0 unspecified atom stereocenters. The molecule has 0 aliphatic carbocycles. The summed E-state index contributed by atoms with van der Waals surface area (Å²) in [7, 11) is 0. The van der Waals surface area contributed by atoms with Crippen LogP contribution in [0.2, 0.25) is 0 Å². The molecule has 2 N–H and O–H groups in total. The Morgan fingerprint density at radius 2 is 1.93 bits per heavy atom. The van der Waals surface area contributed by atoms with Crippen LogP contribution in [-0.4, -0.2) is 24.0 Å². The van der Waals surface area contributed by atoms with Crippen LogP contribution >= 0.6 is 0 Å². The second kappa shape index (κ2) is 7.88. The number of aromatic amines is 1. The summed E-state index contributed by atoms with van der Waals surface area (Å²) in [4.78, 5) is 28.3. The minimum absolute atomic E-state index is 0.0360. The summed E-state index contributed by atoms with van der Waals surface area (Å²) >= 11 is 0. The average molecular weight is 383 g/mol. The highest BCUT2D eigenvalue weighted by Gasteiger charge is 2.20. The minimum Gasteiger partial charge on any atom is -0.408 e. The molecule has 4 rings (SSSR count). The molecule has 1 amide bonds. The number of nitrogens with one attached hydrogen (secondary N) is 2. The number of hydrogen-bond acceptors (Lipinski definition) is 4. The van der Waals surface area contributed by atoms with Crippen molar-refractivity contribution in [3.05, 3.63) is 58.8 Å². The Kier molecular flexibility index (Phi) is 5.14. The third-order valence-electron chi connectivity index (χ3n) is 5.29. The first kappa shape index (κ1) is 18.3. The number of amides is 1. The van der Waals surface area contributed by atoms with E-state index in [2.05, 4.69) is 15.2 Å². The van der Waals surface area contributed by atoms with Gasteiger partial charge in [-0.05, 0) is 67.6 Å². The van der Waals surface area contributed by atoms with Crippen molar-refractivity contribution in [2.75, 3.05) is 23.3 Å². The summed E-state index contributed by atoms with van der Waals surface area (Å²) in [6.07, 6.45) is 3.34. The molecular weight excluding hydrogens is 361 g/mol. The number of fused-ring (bicyclic) bond motifs is 1. The second-order valence-corrected chi connectivity index (χ2v) is 7.22.